The largest absolute Gasteiger partial charge is 0.450 e. The number of nitrogens with one attached hydrogen (secondary N) is 1. The second-order valence-corrected chi connectivity index (χ2v) is 5.62. The van der Waals surface area contributed by atoms with E-state index in [4.69, 9.17) is 4.74 Å². The Labute approximate surface area is 141 Å². The molecule has 3 rings (SSSR count). The molecule has 124 valence electrons. The molecule has 0 bridgehead atoms. The summed E-state index contributed by atoms with van der Waals surface area (Å²) in [5, 5.41) is 2.70. The van der Waals surface area contributed by atoms with Crippen LogP contribution < -0.4 is 10.2 Å². The van der Waals surface area contributed by atoms with Crippen LogP contribution in [0.4, 0.5) is 16.2 Å². The molecular weight excluding hydrogens is 304 g/mol. The summed E-state index contributed by atoms with van der Waals surface area (Å²) < 4.78 is 4.89. The van der Waals surface area contributed by atoms with Crippen molar-refractivity contribution in [2.45, 2.75) is 19.8 Å². The maximum Gasteiger partial charge on any atom is 0.411 e. The first-order chi connectivity index (χ1) is 11.7. The van der Waals surface area contributed by atoms with E-state index in [1.807, 2.05) is 47.4 Å². The van der Waals surface area contributed by atoms with Crippen molar-refractivity contribution >= 4 is 23.4 Å². The summed E-state index contributed by atoms with van der Waals surface area (Å²) >= 11 is 0. The van der Waals surface area contributed by atoms with E-state index in [1.54, 1.807) is 13.0 Å². The zero-order valence-corrected chi connectivity index (χ0v) is 13.6. The molecule has 0 fully saturated rings. The average molecular weight is 324 g/mol. The van der Waals surface area contributed by atoms with Crippen molar-refractivity contribution in [1.29, 1.82) is 0 Å². The Hall–Kier alpha value is -2.82. The van der Waals surface area contributed by atoms with Gasteiger partial charge in [0.2, 0.25) is 0 Å². The highest BCUT2D eigenvalue weighted by Gasteiger charge is 2.23. The first-order valence-electron chi connectivity index (χ1n) is 8.12. The van der Waals surface area contributed by atoms with E-state index in [1.165, 1.54) is 0 Å². The normalized spacial score (nSPS) is 13.1. The number of aryl methyl sites for hydroxylation is 1. The van der Waals surface area contributed by atoms with Crippen molar-refractivity contribution < 1.29 is 14.3 Å². The van der Waals surface area contributed by atoms with Gasteiger partial charge in [-0.1, -0.05) is 18.2 Å². The van der Waals surface area contributed by atoms with Gasteiger partial charge in [-0.3, -0.25) is 10.1 Å². The molecule has 1 aliphatic heterocycles. The number of benzene rings is 2. The van der Waals surface area contributed by atoms with E-state index >= 15 is 0 Å². The van der Waals surface area contributed by atoms with Crippen LogP contribution in [0.2, 0.25) is 0 Å². The number of carbonyl (C=O) groups is 2. The van der Waals surface area contributed by atoms with Gasteiger partial charge in [-0.05, 0) is 55.7 Å². The lowest BCUT2D eigenvalue weighted by molar-refractivity contribution is 0.0985. The molecule has 5 nitrogen and oxygen atoms in total. The number of rotatable bonds is 3. The van der Waals surface area contributed by atoms with Gasteiger partial charge in [-0.25, -0.2) is 4.79 Å². The second-order valence-electron chi connectivity index (χ2n) is 5.62. The van der Waals surface area contributed by atoms with Crippen LogP contribution in [0.15, 0.2) is 48.5 Å². The Balaban J connectivity index is 1.83. The second kappa shape index (κ2) is 7.17. The lowest BCUT2D eigenvalue weighted by atomic mass is 10.00. The van der Waals surface area contributed by atoms with Gasteiger partial charge in [0.15, 0.2) is 0 Å². The molecule has 0 spiro atoms. The molecular formula is C19H20N2O3. The van der Waals surface area contributed by atoms with Crippen LogP contribution in [0, 0.1) is 0 Å². The summed E-state index contributed by atoms with van der Waals surface area (Å²) in [5.74, 6) is 0.00246. The maximum atomic E-state index is 12.7. The number of hydrogen-bond acceptors (Lipinski definition) is 3. The van der Waals surface area contributed by atoms with Crippen LogP contribution in [0.5, 0.6) is 0 Å². The molecule has 0 radical (unpaired) electrons. The lowest BCUT2D eigenvalue weighted by Gasteiger charge is -2.30. The Morgan fingerprint density at radius 3 is 2.71 bits per heavy atom. The van der Waals surface area contributed by atoms with Crippen LogP contribution in [-0.2, 0) is 11.2 Å². The van der Waals surface area contributed by atoms with E-state index in [2.05, 4.69) is 5.32 Å². The zero-order chi connectivity index (χ0) is 16.9. The molecule has 0 aromatic heterocycles. The first kappa shape index (κ1) is 16.1. The molecule has 0 unspecified atom stereocenters. The van der Waals surface area contributed by atoms with Gasteiger partial charge in [0.05, 0.1) is 6.61 Å². The number of amides is 2. The van der Waals surface area contributed by atoms with Gasteiger partial charge in [0.1, 0.15) is 0 Å². The molecule has 1 heterocycles. The van der Waals surface area contributed by atoms with Gasteiger partial charge in [-0.15, -0.1) is 0 Å². The van der Waals surface area contributed by atoms with Gasteiger partial charge < -0.3 is 9.64 Å². The predicted molar refractivity (Wildman–Crippen MR) is 93.5 cm³/mol. The Morgan fingerprint density at radius 2 is 1.96 bits per heavy atom. The summed E-state index contributed by atoms with van der Waals surface area (Å²) in [6, 6.07) is 14.9. The van der Waals surface area contributed by atoms with Crippen molar-refractivity contribution in [3.05, 3.63) is 59.7 Å². The highest BCUT2D eigenvalue weighted by Crippen LogP contribution is 2.30. The standard InChI is InChI=1S/C19H20N2O3/c1-2-24-19(23)20-16-10-11-17-15(13-16)9-6-12-21(17)18(22)14-7-4-3-5-8-14/h3-5,7-8,10-11,13H,2,6,9,12H2,1H3,(H,20,23). The van der Waals surface area contributed by atoms with Crippen molar-refractivity contribution in [2.75, 3.05) is 23.4 Å². The zero-order valence-electron chi connectivity index (χ0n) is 13.6. The smallest absolute Gasteiger partial charge is 0.411 e. The fourth-order valence-corrected chi connectivity index (χ4v) is 2.91. The number of hydrogen-bond donors (Lipinski definition) is 1. The van der Waals surface area contributed by atoms with E-state index < -0.39 is 6.09 Å². The first-order valence-corrected chi connectivity index (χ1v) is 8.12. The van der Waals surface area contributed by atoms with Gasteiger partial charge in [0, 0.05) is 23.5 Å². The van der Waals surface area contributed by atoms with Crippen LogP contribution in [0.25, 0.3) is 0 Å². The molecule has 0 atom stereocenters. The topological polar surface area (TPSA) is 58.6 Å². The lowest BCUT2D eigenvalue weighted by Crippen LogP contribution is -2.35. The molecule has 1 aliphatic rings. The molecule has 2 aromatic rings. The third kappa shape index (κ3) is 3.40. The molecule has 0 saturated heterocycles. The van der Waals surface area contributed by atoms with Crippen LogP contribution in [0.1, 0.15) is 29.3 Å². The van der Waals surface area contributed by atoms with Crippen LogP contribution >= 0.6 is 0 Å². The van der Waals surface area contributed by atoms with Crippen LogP contribution in [-0.4, -0.2) is 25.2 Å². The van der Waals surface area contributed by atoms with Gasteiger partial charge in [0.25, 0.3) is 5.91 Å². The van der Waals surface area contributed by atoms with Crippen molar-refractivity contribution in [2.24, 2.45) is 0 Å². The third-order valence-corrected chi connectivity index (χ3v) is 3.99. The quantitative estimate of drug-likeness (QED) is 0.933. The van der Waals surface area contributed by atoms with E-state index in [0.717, 1.165) is 24.1 Å². The molecule has 1 N–H and O–H groups in total. The highest BCUT2D eigenvalue weighted by molar-refractivity contribution is 6.06. The van der Waals surface area contributed by atoms with Crippen LogP contribution in [0.3, 0.4) is 0 Å². The van der Waals surface area contributed by atoms with E-state index in [-0.39, 0.29) is 5.91 Å². The van der Waals surface area contributed by atoms with E-state index in [9.17, 15) is 9.59 Å². The molecule has 0 aliphatic carbocycles. The molecule has 24 heavy (non-hydrogen) atoms. The Kier molecular flexibility index (Phi) is 4.79. The number of carbonyl (C=O) groups excluding carboxylic acids is 2. The molecule has 2 aromatic carbocycles. The minimum atomic E-state index is -0.467. The number of nitrogens with zero attached hydrogens (tertiary/aromatic N) is 1. The van der Waals surface area contributed by atoms with Crippen molar-refractivity contribution in [1.82, 2.24) is 0 Å². The molecule has 5 heteroatoms. The Morgan fingerprint density at radius 1 is 1.17 bits per heavy atom. The average Bonchev–Trinajstić information content (AvgIpc) is 2.61. The summed E-state index contributed by atoms with van der Waals surface area (Å²) in [5.41, 5.74) is 3.32. The third-order valence-electron chi connectivity index (χ3n) is 3.99. The number of ether oxygens (including phenoxy) is 1. The summed E-state index contributed by atoms with van der Waals surface area (Å²) in [6.07, 6.45) is 1.31. The monoisotopic (exact) mass is 324 g/mol. The summed E-state index contributed by atoms with van der Waals surface area (Å²) in [4.78, 5) is 26.1. The number of fused-ring (bicyclic) bond motifs is 1. The Bertz CT molecular complexity index is 744. The van der Waals surface area contributed by atoms with E-state index in [0.29, 0.717) is 24.4 Å². The van der Waals surface area contributed by atoms with Gasteiger partial charge in [-0.2, -0.15) is 0 Å². The van der Waals surface area contributed by atoms with Crippen molar-refractivity contribution in [3.63, 3.8) is 0 Å². The molecule has 0 saturated carbocycles. The minimum absolute atomic E-state index is 0.00246. The summed E-state index contributed by atoms with van der Waals surface area (Å²) in [6.45, 7) is 2.79. The maximum absolute atomic E-state index is 12.7. The SMILES string of the molecule is CCOC(=O)Nc1ccc2c(c1)CCCN2C(=O)c1ccccc1. The fourth-order valence-electron chi connectivity index (χ4n) is 2.91. The predicted octanol–water partition coefficient (Wildman–Crippen LogP) is 3.85. The molecule has 2 amide bonds. The van der Waals surface area contributed by atoms with Gasteiger partial charge >= 0.3 is 6.09 Å². The minimum Gasteiger partial charge on any atom is -0.450 e. The highest BCUT2D eigenvalue weighted by atomic mass is 16.5. The fraction of sp³-hybridized carbons (Fsp3) is 0.263. The number of anilines is 2. The van der Waals surface area contributed by atoms with Crippen molar-refractivity contribution in [3.8, 4) is 0 Å². The summed E-state index contributed by atoms with van der Waals surface area (Å²) in [7, 11) is 0.